The average Bonchev–Trinajstić information content (AvgIpc) is 3.20. The zero-order valence-corrected chi connectivity index (χ0v) is 18.3. The summed E-state index contributed by atoms with van der Waals surface area (Å²) >= 11 is 0. The minimum atomic E-state index is -2.59. The van der Waals surface area contributed by atoms with Crippen LogP contribution in [0.25, 0.3) is 0 Å². The summed E-state index contributed by atoms with van der Waals surface area (Å²) in [5.74, 6) is -1.19. The molecule has 0 amide bonds. The summed E-state index contributed by atoms with van der Waals surface area (Å²) in [6.45, 7) is 10.8. The Hall–Kier alpha value is -1.30. The van der Waals surface area contributed by atoms with Crippen LogP contribution in [0.3, 0.4) is 0 Å². The zero-order valence-electron chi connectivity index (χ0n) is 18.3. The van der Waals surface area contributed by atoms with E-state index < -0.39 is 5.92 Å². The minimum Gasteiger partial charge on any atom is -0.349 e. The monoisotopic (exact) mass is 406 g/mol. The molecule has 29 heavy (non-hydrogen) atoms. The van der Waals surface area contributed by atoms with Crippen molar-refractivity contribution < 1.29 is 8.78 Å². The Balaban J connectivity index is 1.20. The van der Waals surface area contributed by atoms with Gasteiger partial charge in [0.25, 0.3) is 5.92 Å². The van der Waals surface area contributed by atoms with Crippen LogP contribution in [0.4, 0.5) is 14.6 Å². The molecule has 1 aliphatic carbocycles. The Morgan fingerprint density at radius 3 is 2.41 bits per heavy atom. The molecule has 1 unspecified atom stereocenters. The maximum atomic E-state index is 13.4. The number of nitrogens with zero attached hydrogens (tertiary/aromatic N) is 4. The molecule has 0 aromatic carbocycles. The molecule has 0 N–H and O–H groups in total. The second-order valence-corrected chi connectivity index (χ2v) is 10.9. The Labute approximate surface area is 174 Å². The number of halogens is 2. The van der Waals surface area contributed by atoms with Crippen molar-refractivity contribution in [1.82, 2.24) is 15.1 Å². The van der Waals surface area contributed by atoms with Crippen LogP contribution in [0.15, 0.2) is 12.1 Å². The summed E-state index contributed by atoms with van der Waals surface area (Å²) in [4.78, 5) is 4.29. The zero-order chi connectivity index (χ0) is 20.7. The molecule has 6 heteroatoms. The molecule has 1 aromatic heterocycles. The normalized spacial score (nSPS) is 26.2. The first-order valence-corrected chi connectivity index (χ1v) is 11.3. The number of aryl methyl sites for hydroxylation is 1. The second-order valence-electron chi connectivity index (χ2n) is 10.9. The van der Waals surface area contributed by atoms with Gasteiger partial charge in [0.15, 0.2) is 5.82 Å². The number of likely N-dealkylation sites (tertiary alicyclic amines) is 1. The van der Waals surface area contributed by atoms with Gasteiger partial charge in [-0.2, -0.15) is 5.10 Å². The fourth-order valence-electron chi connectivity index (χ4n) is 5.08. The molecule has 162 valence electrons. The van der Waals surface area contributed by atoms with E-state index in [9.17, 15) is 8.78 Å². The lowest BCUT2D eigenvalue weighted by atomic mass is 9.88. The molecular formula is C23H36F2N4. The standard InChI is InChI=1S/C23H36F2N4/c1-21(2,3)8-12-28-13-9-22(10-14-28)16-18(22)4-5-19-6-7-20(27-26-19)29-15-11-23(24,25)17-29/h6-7,18H,4-5,8-17H2,1-3H3. The van der Waals surface area contributed by atoms with Crippen molar-refractivity contribution in [2.75, 3.05) is 37.6 Å². The van der Waals surface area contributed by atoms with Crippen LogP contribution in [0.2, 0.25) is 0 Å². The number of aromatic nitrogens is 2. The van der Waals surface area contributed by atoms with Gasteiger partial charge in [0.1, 0.15) is 0 Å². The van der Waals surface area contributed by atoms with E-state index in [0.29, 0.717) is 23.2 Å². The maximum Gasteiger partial charge on any atom is 0.266 e. The van der Waals surface area contributed by atoms with Crippen molar-refractivity contribution in [3.05, 3.63) is 17.8 Å². The Kier molecular flexibility index (Phi) is 5.60. The summed E-state index contributed by atoms with van der Waals surface area (Å²) in [7, 11) is 0. The molecule has 0 radical (unpaired) electrons. The van der Waals surface area contributed by atoms with Crippen molar-refractivity contribution in [3.8, 4) is 0 Å². The Morgan fingerprint density at radius 1 is 1.07 bits per heavy atom. The van der Waals surface area contributed by atoms with Crippen LogP contribution >= 0.6 is 0 Å². The van der Waals surface area contributed by atoms with Crippen LogP contribution in [-0.2, 0) is 6.42 Å². The molecule has 4 rings (SSSR count). The lowest BCUT2D eigenvalue weighted by Crippen LogP contribution is -2.37. The molecule has 1 aromatic rings. The minimum absolute atomic E-state index is 0.0895. The van der Waals surface area contributed by atoms with E-state index in [4.69, 9.17) is 0 Å². The van der Waals surface area contributed by atoms with Gasteiger partial charge in [0, 0.05) is 13.0 Å². The molecule has 4 nitrogen and oxygen atoms in total. The van der Waals surface area contributed by atoms with Gasteiger partial charge >= 0.3 is 0 Å². The fraction of sp³-hybridized carbons (Fsp3) is 0.826. The first-order valence-electron chi connectivity index (χ1n) is 11.3. The third-order valence-corrected chi connectivity index (χ3v) is 7.34. The number of hydrogen-bond donors (Lipinski definition) is 0. The highest BCUT2D eigenvalue weighted by atomic mass is 19.3. The van der Waals surface area contributed by atoms with Crippen molar-refractivity contribution in [1.29, 1.82) is 0 Å². The van der Waals surface area contributed by atoms with Gasteiger partial charge in [-0.05, 0) is 87.0 Å². The van der Waals surface area contributed by atoms with Gasteiger partial charge in [0.05, 0.1) is 12.2 Å². The first kappa shape index (κ1) is 21.0. The molecule has 0 bridgehead atoms. The predicted molar refractivity (Wildman–Crippen MR) is 112 cm³/mol. The second kappa shape index (κ2) is 7.75. The quantitative estimate of drug-likeness (QED) is 0.680. The molecule has 3 aliphatic rings. The van der Waals surface area contributed by atoms with E-state index in [1.165, 1.54) is 51.7 Å². The SMILES string of the molecule is CC(C)(C)CCN1CCC2(CC1)CC2CCc1ccc(N2CCC(F)(F)C2)nn1. The summed E-state index contributed by atoms with van der Waals surface area (Å²) in [5.41, 5.74) is 2.00. The Bertz CT molecular complexity index is 690. The third-order valence-electron chi connectivity index (χ3n) is 7.34. The van der Waals surface area contributed by atoms with Crippen LogP contribution < -0.4 is 4.90 Å². The molecular weight excluding hydrogens is 370 g/mol. The predicted octanol–water partition coefficient (Wildman–Crippen LogP) is 4.79. The number of anilines is 1. The van der Waals surface area contributed by atoms with Crippen molar-refractivity contribution in [3.63, 3.8) is 0 Å². The maximum absolute atomic E-state index is 13.4. The summed E-state index contributed by atoms with van der Waals surface area (Å²) < 4.78 is 26.8. The van der Waals surface area contributed by atoms with Gasteiger partial charge in [-0.3, -0.25) is 0 Å². The van der Waals surface area contributed by atoms with Crippen molar-refractivity contribution in [2.45, 2.75) is 71.6 Å². The average molecular weight is 407 g/mol. The lowest BCUT2D eigenvalue weighted by Gasteiger charge is -2.34. The van der Waals surface area contributed by atoms with Gasteiger partial charge in [-0.1, -0.05) is 20.8 Å². The fourth-order valence-corrected chi connectivity index (χ4v) is 5.08. The smallest absolute Gasteiger partial charge is 0.266 e. The molecule has 2 saturated heterocycles. The van der Waals surface area contributed by atoms with Crippen LogP contribution in [0.1, 0.15) is 65.0 Å². The Morgan fingerprint density at radius 2 is 1.83 bits per heavy atom. The van der Waals surface area contributed by atoms with E-state index >= 15 is 0 Å². The van der Waals surface area contributed by atoms with Crippen molar-refractivity contribution in [2.24, 2.45) is 16.7 Å². The summed E-state index contributed by atoms with van der Waals surface area (Å²) in [6.07, 6.45) is 7.36. The van der Waals surface area contributed by atoms with Crippen LogP contribution in [0.5, 0.6) is 0 Å². The van der Waals surface area contributed by atoms with Gasteiger partial charge in [-0.25, -0.2) is 8.78 Å². The molecule has 1 spiro atoms. The van der Waals surface area contributed by atoms with Gasteiger partial charge in [0.2, 0.25) is 0 Å². The number of alkyl halides is 2. The highest BCUT2D eigenvalue weighted by Gasteiger charge is 2.53. The molecule has 3 fully saturated rings. The van der Waals surface area contributed by atoms with E-state index in [2.05, 4.69) is 35.9 Å². The summed E-state index contributed by atoms with van der Waals surface area (Å²) in [6, 6.07) is 3.84. The topological polar surface area (TPSA) is 32.3 Å². The summed E-state index contributed by atoms with van der Waals surface area (Å²) in [5, 5.41) is 8.53. The first-order chi connectivity index (χ1) is 13.6. The lowest BCUT2D eigenvalue weighted by molar-refractivity contribution is 0.0256. The number of hydrogen-bond acceptors (Lipinski definition) is 4. The molecule has 1 saturated carbocycles. The van der Waals surface area contributed by atoms with Gasteiger partial charge < -0.3 is 9.80 Å². The molecule has 1 atom stereocenters. The van der Waals surface area contributed by atoms with Gasteiger partial charge in [-0.15, -0.1) is 5.10 Å². The van der Waals surface area contributed by atoms with Crippen LogP contribution in [0, 0.1) is 16.7 Å². The third kappa shape index (κ3) is 5.25. The molecule has 3 heterocycles. The van der Waals surface area contributed by atoms with E-state index in [-0.39, 0.29) is 13.0 Å². The van der Waals surface area contributed by atoms with E-state index in [1.54, 1.807) is 4.90 Å². The number of rotatable bonds is 6. The molecule has 2 aliphatic heterocycles. The number of piperidine rings is 1. The highest BCUT2D eigenvalue weighted by Crippen LogP contribution is 2.61. The van der Waals surface area contributed by atoms with E-state index in [0.717, 1.165) is 18.0 Å². The van der Waals surface area contributed by atoms with Crippen LogP contribution in [-0.4, -0.2) is 53.7 Å². The van der Waals surface area contributed by atoms with E-state index in [1.807, 2.05) is 12.1 Å². The van der Waals surface area contributed by atoms with Crippen molar-refractivity contribution >= 4 is 5.82 Å². The highest BCUT2D eigenvalue weighted by molar-refractivity contribution is 5.39. The largest absolute Gasteiger partial charge is 0.349 e.